The number of piperazine rings is 1. The summed E-state index contributed by atoms with van der Waals surface area (Å²) in [4.78, 5) is 35.4. The predicted octanol–water partition coefficient (Wildman–Crippen LogP) is 3.01. The van der Waals surface area contributed by atoms with Crippen LogP contribution in [0.4, 0.5) is 17.2 Å². The Morgan fingerprint density at radius 1 is 1.26 bits per heavy atom. The van der Waals surface area contributed by atoms with Crippen LogP contribution in [0, 0.1) is 0 Å². The molecule has 0 aromatic carbocycles. The predicted molar refractivity (Wildman–Crippen MR) is 136 cm³/mol. The van der Waals surface area contributed by atoms with Crippen LogP contribution in [0.1, 0.15) is 23.7 Å². The van der Waals surface area contributed by atoms with E-state index in [1.54, 1.807) is 25.2 Å². The first-order valence-electron chi connectivity index (χ1n) is 11.6. The molecule has 0 saturated carbocycles. The number of hydrogen-bond acceptors (Lipinski definition) is 8. The number of ether oxygens (including phenoxy) is 1. The van der Waals surface area contributed by atoms with Crippen molar-refractivity contribution in [3.05, 3.63) is 63.7 Å². The SMILES string of the molecule is Cn1c(-c2nc(Cl)ccc2C=O)c(Nc2ccc(N3CCNC[C@@]3(C)C3CCO3)cn2)ccc1=O. The molecule has 35 heavy (non-hydrogen) atoms. The summed E-state index contributed by atoms with van der Waals surface area (Å²) in [5, 5.41) is 7.00. The average molecular weight is 495 g/mol. The van der Waals surface area contributed by atoms with Crippen molar-refractivity contribution in [1.82, 2.24) is 19.9 Å². The molecule has 3 aromatic rings. The molecule has 0 amide bonds. The van der Waals surface area contributed by atoms with E-state index in [0.29, 0.717) is 34.7 Å². The molecule has 3 aromatic heterocycles. The van der Waals surface area contributed by atoms with Crippen LogP contribution in [0.15, 0.2) is 47.4 Å². The van der Waals surface area contributed by atoms with Gasteiger partial charge in [0.2, 0.25) is 0 Å². The molecule has 2 N–H and O–H groups in total. The Kier molecular flexibility index (Phi) is 6.31. The smallest absolute Gasteiger partial charge is 0.250 e. The molecule has 0 spiro atoms. The summed E-state index contributed by atoms with van der Waals surface area (Å²) in [6, 6.07) is 10.2. The van der Waals surface area contributed by atoms with Gasteiger partial charge in [-0.3, -0.25) is 9.59 Å². The number of hydrogen-bond donors (Lipinski definition) is 2. The van der Waals surface area contributed by atoms with Crippen LogP contribution in [-0.2, 0) is 11.8 Å². The van der Waals surface area contributed by atoms with E-state index in [0.717, 1.165) is 38.3 Å². The summed E-state index contributed by atoms with van der Waals surface area (Å²) in [6.07, 6.45) is 3.79. The molecule has 0 bridgehead atoms. The molecule has 2 fully saturated rings. The van der Waals surface area contributed by atoms with Gasteiger partial charge in [0.05, 0.1) is 34.9 Å². The molecule has 5 heterocycles. The van der Waals surface area contributed by atoms with E-state index in [1.807, 2.05) is 18.3 Å². The van der Waals surface area contributed by atoms with Crippen LogP contribution in [0.5, 0.6) is 0 Å². The van der Waals surface area contributed by atoms with Gasteiger partial charge in [0.15, 0.2) is 6.29 Å². The maximum absolute atomic E-state index is 12.4. The normalized spacial score (nSPS) is 21.9. The summed E-state index contributed by atoms with van der Waals surface area (Å²) >= 11 is 6.11. The van der Waals surface area contributed by atoms with Crippen LogP contribution in [0.2, 0.25) is 5.15 Å². The van der Waals surface area contributed by atoms with Crippen molar-refractivity contribution in [3.63, 3.8) is 0 Å². The van der Waals surface area contributed by atoms with Gasteiger partial charge in [0.1, 0.15) is 16.7 Å². The maximum atomic E-state index is 12.4. The second-order valence-electron chi connectivity index (χ2n) is 9.04. The van der Waals surface area contributed by atoms with Gasteiger partial charge in [-0.2, -0.15) is 0 Å². The molecule has 9 nitrogen and oxygen atoms in total. The van der Waals surface area contributed by atoms with Crippen LogP contribution >= 0.6 is 11.6 Å². The molecular formula is C25H27ClN6O3. The fourth-order valence-electron chi connectivity index (χ4n) is 4.83. The largest absolute Gasteiger partial charge is 0.376 e. The van der Waals surface area contributed by atoms with Gasteiger partial charge in [0, 0.05) is 44.9 Å². The van der Waals surface area contributed by atoms with E-state index in [4.69, 9.17) is 16.3 Å². The monoisotopic (exact) mass is 494 g/mol. The van der Waals surface area contributed by atoms with Crippen molar-refractivity contribution in [2.75, 3.05) is 36.5 Å². The fourth-order valence-corrected chi connectivity index (χ4v) is 4.98. The Labute approximate surface area is 208 Å². The van der Waals surface area contributed by atoms with Crippen LogP contribution < -0.4 is 21.1 Å². The first-order chi connectivity index (χ1) is 16.9. The summed E-state index contributed by atoms with van der Waals surface area (Å²) in [5.74, 6) is 0.597. The topological polar surface area (TPSA) is 101 Å². The molecule has 182 valence electrons. The number of nitrogens with zero attached hydrogens (tertiary/aromatic N) is 4. The van der Waals surface area contributed by atoms with E-state index < -0.39 is 0 Å². The second-order valence-corrected chi connectivity index (χ2v) is 9.43. The van der Waals surface area contributed by atoms with Gasteiger partial charge in [0.25, 0.3) is 5.56 Å². The van der Waals surface area contributed by atoms with Gasteiger partial charge in [-0.15, -0.1) is 0 Å². The minimum absolute atomic E-state index is 0.137. The maximum Gasteiger partial charge on any atom is 0.250 e. The highest BCUT2D eigenvalue weighted by atomic mass is 35.5. The lowest BCUT2D eigenvalue weighted by Gasteiger charge is -2.53. The lowest BCUT2D eigenvalue weighted by Crippen LogP contribution is -2.68. The second kappa shape index (κ2) is 9.41. The first-order valence-corrected chi connectivity index (χ1v) is 11.9. The molecule has 1 unspecified atom stereocenters. The van der Waals surface area contributed by atoms with Gasteiger partial charge in [-0.25, -0.2) is 9.97 Å². The highest BCUT2D eigenvalue weighted by molar-refractivity contribution is 6.29. The number of carbonyl (C=O) groups is 1. The van der Waals surface area contributed by atoms with E-state index in [9.17, 15) is 9.59 Å². The van der Waals surface area contributed by atoms with Crippen molar-refractivity contribution in [3.8, 4) is 11.4 Å². The number of aromatic nitrogens is 3. The zero-order chi connectivity index (χ0) is 24.6. The van der Waals surface area contributed by atoms with Gasteiger partial charge >= 0.3 is 0 Å². The third kappa shape index (κ3) is 4.31. The summed E-state index contributed by atoms with van der Waals surface area (Å²) in [6.45, 7) is 5.66. The third-order valence-corrected chi connectivity index (χ3v) is 7.09. The first kappa shape index (κ1) is 23.5. The molecular weight excluding hydrogens is 468 g/mol. The van der Waals surface area contributed by atoms with E-state index >= 15 is 0 Å². The van der Waals surface area contributed by atoms with Gasteiger partial charge < -0.3 is 24.8 Å². The van der Waals surface area contributed by atoms with E-state index in [-0.39, 0.29) is 22.4 Å². The molecule has 2 saturated heterocycles. The van der Waals surface area contributed by atoms with Crippen molar-refractivity contribution < 1.29 is 9.53 Å². The van der Waals surface area contributed by atoms with Crippen molar-refractivity contribution in [2.24, 2.45) is 7.05 Å². The number of aldehydes is 1. The highest BCUT2D eigenvalue weighted by Crippen LogP contribution is 2.35. The number of halogens is 1. The number of rotatable bonds is 6. The molecule has 0 radical (unpaired) electrons. The Bertz CT molecular complexity index is 1310. The Morgan fingerprint density at radius 2 is 2.09 bits per heavy atom. The van der Waals surface area contributed by atoms with Crippen LogP contribution in [0.3, 0.4) is 0 Å². The quantitative estimate of drug-likeness (QED) is 0.398. The third-order valence-electron chi connectivity index (χ3n) is 6.88. The van der Waals surface area contributed by atoms with E-state index in [1.165, 1.54) is 10.6 Å². The molecule has 10 heteroatoms. The molecule has 0 aliphatic carbocycles. The lowest BCUT2D eigenvalue weighted by molar-refractivity contribution is -0.0938. The van der Waals surface area contributed by atoms with Crippen LogP contribution in [-0.4, -0.2) is 58.7 Å². The van der Waals surface area contributed by atoms with Crippen LogP contribution in [0.25, 0.3) is 11.4 Å². The van der Waals surface area contributed by atoms with Gasteiger partial charge in [-0.05, 0) is 43.7 Å². The average Bonchev–Trinajstić information content (AvgIpc) is 2.81. The van der Waals surface area contributed by atoms with Gasteiger partial charge in [-0.1, -0.05) is 11.6 Å². The van der Waals surface area contributed by atoms with E-state index in [2.05, 4.69) is 32.4 Å². The molecule has 2 aliphatic rings. The Hall–Kier alpha value is -3.27. The Balaban J connectivity index is 1.47. The fraction of sp³-hybridized carbons (Fsp3) is 0.360. The Morgan fingerprint density at radius 3 is 2.77 bits per heavy atom. The zero-order valence-electron chi connectivity index (χ0n) is 19.6. The minimum atomic E-state index is -0.233. The number of nitrogens with one attached hydrogen (secondary N) is 2. The number of carbonyl (C=O) groups excluding carboxylic acids is 1. The molecule has 5 rings (SSSR count). The van der Waals surface area contributed by atoms with Crippen molar-refractivity contribution >= 4 is 35.1 Å². The minimum Gasteiger partial charge on any atom is -0.376 e. The number of anilines is 3. The standard InChI is InChI=1S/C25H27ClN6O3/c1-25(19-9-12-35-19)15-27-10-11-32(25)17-4-7-21(28-13-17)29-18-5-8-22(34)31(2)24(18)23-16(14-33)3-6-20(26)30-23/h3-8,13-14,19,27H,9-12,15H2,1-2H3,(H,28,29)/t19?,25-/m0/s1. The van der Waals surface area contributed by atoms with Crippen molar-refractivity contribution in [1.29, 1.82) is 0 Å². The molecule has 2 aliphatic heterocycles. The molecule has 2 atom stereocenters. The summed E-state index contributed by atoms with van der Waals surface area (Å²) in [5.41, 5.74) is 2.34. The zero-order valence-corrected chi connectivity index (χ0v) is 20.4. The number of pyridine rings is 3. The summed E-state index contributed by atoms with van der Waals surface area (Å²) < 4.78 is 7.29. The highest BCUT2D eigenvalue weighted by Gasteiger charge is 2.45. The lowest BCUT2D eigenvalue weighted by atomic mass is 9.85. The van der Waals surface area contributed by atoms with Crippen molar-refractivity contribution in [2.45, 2.75) is 25.0 Å². The summed E-state index contributed by atoms with van der Waals surface area (Å²) in [7, 11) is 1.63.